The maximum Gasteiger partial charge on any atom is 0.307 e. The molecule has 18 heavy (non-hydrogen) atoms. The number of hydrogen-bond acceptors (Lipinski definition) is 2. The number of carbonyl (C=O) groups is 1. The zero-order valence-corrected chi connectivity index (χ0v) is 12.0. The molecular formula is C15H22O2S. The van der Waals surface area contributed by atoms with Gasteiger partial charge in [0.25, 0.3) is 0 Å². The number of aliphatic carboxylic acids is 1. The highest BCUT2D eigenvalue weighted by atomic mass is 32.2. The van der Waals surface area contributed by atoms with Gasteiger partial charge in [-0.25, -0.2) is 0 Å². The Balaban J connectivity index is 2.62. The second kappa shape index (κ2) is 8.20. The van der Waals surface area contributed by atoms with E-state index >= 15 is 0 Å². The van der Waals surface area contributed by atoms with Gasteiger partial charge in [-0.1, -0.05) is 51.3 Å². The SMILES string of the molecule is CCCCC[C@H](Sc1ccccc1)[C@@H](C)C(=O)O. The van der Waals surface area contributed by atoms with E-state index in [4.69, 9.17) is 0 Å². The van der Waals surface area contributed by atoms with Crippen LogP contribution in [0.25, 0.3) is 0 Å². The van der Waals surface area contributed by atoms with Crippen molar-refractivity contribution < 1.29 is 9.90 Å². The number of carboxylic acids is 1. The summed E-state index contributed by atoms with van der Waals surface area (Å²) in [6, 6.07) is 10.1. The van der Waals surface area contributed by atoms with E-state index in [1.165, 1.54) is 12.8 Å². The first-order valence-corrected chi connectivity index (χ1v) is 7.47. The highest BCUT2D eigenvalue weighted by Gasteiger charge is 2.24. The van der Waals surface area contributed by atoms with Crippen LogP contribution in [-0.2, 0) is 4.79 Å². The molecule has 0 amide bonds. The van der Waals surface area contributed by atoms with Gasteiger partial charge in [-0.2, -0.15) is 0 Å². The first-order chi connectivity index (χ1) is 8.65. The molecular weight excluding hydrogens is 244 g/mol. The van der Waals surface area contributed by atoms with Crippen LogP contribution in [0.3, 0.4) is 0 Å². The molecule has 0 heterocycles. The minimum Gasteiger partial charge on any atom is -0.481 e. The van der Waals surface area contributed by atoms with Crippen LogP contribution in [0.1, 0.15) is 39.5 Å². The first kappa shape index (κ1) is 15.1. The van der Waals surface area contributed by atoms with Gasteiger partial charge < -0.3 is 5.11 Å². The lowest BCUT2D eigenvalue weighted by molar-refractivity contribution is -0.141. The van der Waals surface area contributed by atoms with Crippen LogP contribution in [0.5, 0.6) is 0 Å². The Labute approximate surface area is 114 Å². The van der Waals surface area contributed by atoms with E-state index in [9.17, 15) is 9.90 Å². The van der Waals surface area contributed by atoms with Crippen LogP contribution in [0, 0.1) is 5.92 Å². The van der Waals surface area contributed by atoms with Crippen molar-refractivity contribution in [2.24, 2.45) is 5.92 Å². The largest absolute Gasteiger partial charge is 0.481 e. The molecule has 100 valence electrons. The van der Waals surface area contributed by atoms with Crippen molar-refractivity contribution >= 4 is 17.7 Å². The number of benzene rings is 1. The van der Waals surface area contributed by atoms with E-state index in [1.54, 1.807) is 11.8 Å². The van der Waals surface area contributed by atoms with Crippen LogP contribution < -0.4 is 0 Å². The lowest BCUT2D eigenvalue weighted by Crippen LogP contribution is -2.22. The quantitative estimate of drug-likeness (QED) is 0.558. The summed E-state index contributed by atoms with van der Waals surface area (Å²) >= 11 is 1.69. The Kier molecular flexibility index (Phi) is 6.88. The lowest BCUT2D eigenvalue weighted by atomic mass is 10.0. The first-order valence-electron chi connectivity index (χ1n) is 6.59. The summed E-state index contributed by atoms with van der Waals surface area (Å²) in [7, 11) is 0. The second-order valence-electron chi connectivity index (χ2n) is 4.59. The molecule has 0 aliphatic heterocycles. The van der Waals surface area contributed by atoms with Gasteiger partial charge in [0, 0.05) is 10.1 Å². The number of carboxylic acid groups (broad SMARTS) is 1. The Bertz CT molecular complexity index is 351. The molecule has 0 radical (unpaired) electrons. The van der Waals surface area contributed by atoms with Gasteiger partial charge in [0.1, 0.15) is 0 Å². The molecule has 0 unspecified atom stereocenters. The fraction of sp³-hybridized carbons (Fsp3) is 0.533. The maximum absolute atomic E-state index is 11.2. The van der Waals surface area contributed by atoms with E-state index in [-0.39, 0.29) is 11.2 Å². The van der Waals surface area contributed by atoms with Gasteiger partial charge in [-0.15, -0.1) is 11.8 Å². The summed E-state index contributed by atoms with van der Waals surface area (Å²) < 4.78 is 0. The summed E-state index contributed by atoms with van der Waals surface area (Å²) in [5.41, 5.74) is 0. The summed E-state index contributed by atoms with van der Waals surface area (Å²) in [5, 5.41) is 9.34. The fourth-order valence-corrected chi connectivity index (χ4v) is 3.11. The lowest BCUT2D eigenvalue weighted by Gasteiger charge is -2.20. The summed E-state index contributed by atoms with van der Waals surface area (Å²) in [6.45, 7) is 3.98. The van der Waals surface area contributed by atoms with E-state index in [0.717, 1.165) is 17.7 Å². The summed E-state index contributed by atoms with van der Waals surface area (Å²) in [5.74, 6) is -0.994. The molecule has 0 fully saturated rings. The van der Waals surface area contributed by atoms with Gasteiger partial charge in [0.05, 0.1) is 5.92 Å². The van der Waals surface area contributed by atoms with E-state index in [0.29, 0.717) is 0 Å². The summed E-state index contributed by atoms with van der Waals surface area (Å²) in [6.07, 6.45) is 4.43. The predicted molar refractivity (Wildman–Crippen MR) is 77.0 cm³/mol. The monoisotopic (exact) mass is 266 g/mol. The zero-order valence-electron chi connectivity index (χ0n) is 11.1. The van der Waals surface area contributed by atoms with Crippen molar-refractivity contribution in [2.45, 2.75) is 49.7 Å². The molecule has 0 aromatic heterocycles. The minimum atomic E-state index is -0.695. The number of hydrogen-bond donors (Lipinski definition) is 1. The van der Waals surface area contributed by atoms with Crippen molar-refractivity contribution in [3.05, 3.63) is 30.3 Å². The minimum absolute atomic E-state index is 0.163. The van der Waals surface area contributed by atoms with Crippen molar-refractivity contribution in [3.8, 4) is 0 Å². The van der Waals surface area contributed by atoms with Crippen molar-refractivity contribution in [3.63, 3.8) is 0 Å². The maximum atomic E-state index is 11.2. The molecule has 1 rings (SSSR count). The Morgan fingerprint density at radius 2 is 1.94 bits per heavy atom. The molecule has 0 saturated heterocycles. The number of thioether (sulfide) groups is 1. The molecule has 3 heteroatoms. The van der Waals surface area contributed by atoms with Gasteiger partial charge in [-0.05, 0) is 18.6 Å². The van der Waals surface area contributed by atoms with Crippen LogP contribution in [0.15, 0.2) is 35.2 Å². The average Bonchev–Trinajstić information content (AvgIpc) is 2.38. The normalized spacial score (nSPS) is 14.1. The third kappa shape index (κ3) is 5.13. The summed E-state index contributed by atoms with van der Waals surface area (Å²) in [4.78, 5) is 12.3. The van der Waals surface area contributed by atoms with E-state index in [2.05, 4.69) is 6.92 Å². The molecule has 1 aromatic carbocycles. The molecule has 0 aliphatic carbocycles. The van der Waals surface area contributed by atoms with Crippen molar-refractivity contribution in [2.75, 3.05) is 0 Å². The third-order valence-electron chi connectivity index (χ3n) is 3.07. The molecule has 0 aliphatic rings. The van der Waals surface area contributed by atoms with E-state index in [1.807, 2.05) is 37.3 Å². The molecule has 0 bridgehead atoms. The second-order valence-corrected chi connectivity index (χ2v) is 5.90. The standard InChI is InChI=1S/C15H22O2S/c1-3-4-6-11-14(12(2)15(16)17)18-13-9-7-5-8-10-13/h5,7-10,12,14H,3-4,6,11H2,1-2H3,(H,16,17)/t12-,14+/m1/s1. The topological polar surface area (TPSA) is 37.3 Å². The van der Waals surface area contributed by atoms with Crippen LogP contribution >= 0.6 is 11.8 Å². The van der Waals surface area contributed by atoms with Crippen molar-refractivity contribution in [1.29, 1.82) is 0 Å². The Morgan fingerprint density at radius 3 is 2.50 bits per heavy atom. The number of rotatable bonds is 8. The molecule has 2 atom stereocenters. The van der Waals surface area contributed by atoms with Crippen LogP contribution in [-0.4, -0.2) is 16.3 Å². The van der Waals surface area contributed by atoms with Gasteiger partial charge >= 0.3 is 5.97 Å². The van der Waals surface area contributed by atoms with Gasteiger partial charge in [-0.3, -0.25) is 4.79 Å². The average molecular weight is 266 g/mol. The predicted octanol–water partition coefficient (Wildman–Crippen LogP) is 4.45. The van der Waals surface area contributed by atoms with Crippen molar-refractivity contribution in [1.82, 2.24) is 0 Å². The van der Waals surface area contributed by atoms with Crippen LogP contribution in [0.4, 0.5) is 0 Å². The van der Waals surface area contributed by atoms with Crippen LogP contribution in [0.2, 0.25) is 0 Å². The van der Waals surface area contributed by atoms with E-state index < -0.39 is 5.97 Å². The highest BCUT2D eigenvalue weighted by molar-refractivity contribution is 8.00. The third-order valence-corrected chi connectivity index (χ3v) is 4.56. The number of unbranched alkanes of at least 4 members (excludes halogenated alkanes) is 2. The Morgan fingerprint density at radius 1 is 1.28 bits per heavy atom. The molecule has 1 N–H and O–H groups in total. The molecule has 1 aromatic rings. The zero-order chi connectivity index (χ0) is 13.4. The molecule has 0 saturated carbocycles. The smallest absolute Gasteiger partial charge is 0.307 e. The highest BCUT2D eigenvalue weighted by Crippen LogP contribution is 2.31. The fourth-order valence-electron chi connectivity index (χ4n) is 1.84. The Hall–Kier alpha value is -0.960. The molecule has 0 spiro atoms. The van der Waals surface area contributed by atoms with Gasteiger partial charge in [0.15, 0.2) is 0 Å². The molecule has 2 nitrogen and oxygen atoms in total. The van der Waals surface area contributed by atoms with Gasteiger partial charge in [0.2, 0.25) is 0 Å².